The van der Waals surface area contributed by atoms with Crippen molar-refractivity contribution >= 4 is 23.4 Å². The number of methoxy groups -OCH3 is 1. The van der Waals surface area contributed by atoms with Crippen molar-refractivity contribution < 1.29 is 41.8 Å². The first-order chi connectivity index (χ1) is 20.3. The lowest BCUT2D eigenvalue weighted by molar-refractivity contribution is -0.169. The minimum absolute atomic E-state index is 0.0108. The summed E-state index contributed by atoms with van der Waals surface area (Å²) in [4.78, 5) is 42.7. The Hall–Kier alpha value is -4.24. The van der Waals surface area contributed by atoms with Gasteiger partial charge in [0.1, 0.15) is 17.1 Å². The number of amides is 2. The van der Waals surface area contributed by atoms with Gasteiger partial charge in [0.2, 0.25) is 11.8 Å². The number of hydrogen-bond donors (Lipinski definition) is 3. The maximum Gasteiger partial charge on any atom is 0.319 e. The van der Waals surface area contributed by atoms with Gasteiger partial charge >= 0.3 is 5.97 Å². The lowest BCUT2D eigenvalue weighted by Crippen LogP contribution is -2.59. The molecule has 0 spiro atoms. The lowest BCUT2D eigenvalue weighted by atomic mass is 9.74. The molecule has 0 radical (unpaired) electrons. The van der Waals surface area contributed by atoms with Crippen molar-refractivity contribution in [3.8, 4) is 5.75 Å². The van der Waals surface area contributed by atoms with E-state index in [1.807, 2.05) is 12.2 Å². The average molecular weight is 610 g/mol. The summed E-state index contributed by atoms with van der Waals surface area (Å²) in [6.45, 7) is 1.27. The number of carbonyl (C=O) groups is 3. The number of nitrogens with zero attached hydrogens (tertiary/aromatic N) is 5. The second-order valence-electron chi connectivity index (χ2n) is 11.1. The first-order valence-corrected chi connectivity index (χ1v) is 13.8. The molecule has 1 saturated heterocycles. The Morgan fingerprint density at radius 3 is 2.60 bits per heavy atom. The standard InChI is InChI=1S/C27H31F4N7O5/c1-3-37-18(6-9-33-37)22(39)35-21(15-4-7-26(28,29)8-5-15)17-12-38-20(34-17)10-19(43-2)16(36-38)11-25(24(41)42)13-27(30,31)14-32-23(25)40/h6,9-10,12,15,21H,3-5,7-8,11,13-14H2,1-2H3,(H,32,40)(H,35,39)(H,41,42)/t21-,25?/m0/s1. The highest BCUT2D eigenvalue weighted by Gasteiger charge is 2.57. The number of ether oxygens (including phenoxy) is 1. The highest BCUT2D eigenvalue weighted by atomic mass is 19.3. The van der Waals surface area contributed by atoms with Crippen LogP contribution in [0.4, 0.5) is 17.6 Å². The van der Waals surface area contributed by atoms with Gasteiger partial charge in [0.15, 0.2) is 11.1 Å². The third-order valence-corrected chi connectivity index (χ3v) is 8.19. The van der Waals surface area contributed by atoms with Gasteiger partial charge in [-0.2, -0.15) is 10.2 Å². The monoisotopic (exact) mass is 609 g/mol. The molecule has 1 aliphatic carbocycles. The van der Waals surface area contributed by atoms with Crippen LogP contribution in [-0.4, -0.2) is 72.8 Å². The number of carboxylic acids is 1. The summed E-state index contributed by atoms with van der Waals surface area (Å²) in [7, 11) is 1.27. The fourth-order valence-corrected chi connectivity index (χ4v) is 5.87. The van der Waals surface area contributed by atoms with Gasteiger partial charge in [-0.1, -0.05) is 0 Å². The van der Waals surface area contributed by atoms with E-state index in [1.165, 1.54) is 40.8 Å². The zero-order valence-corrected chi connectivity index (χ0v) is 23.4. The summed E-state index contributed by atoms with van der Waals surface area (Å²) >= 11 is 0. The van der Waals surface area contributed by atoms with Crippen molar-refractivity contribution in [3.63, 3.8) is 0 Å². The summed E-state index contributed by atoms with van der Waals surface area (Å²) in [5.41, 5.74) is -1.81. The van der Waals surface area contributed by atoms with Crippen molar-refractivity contribution in [2.75, 3.05) is 13.7 Å². The number of alkyl halides is 4. The van der Waals surface area contributed by atoms with E-state index in [4.69, 9.17) is 4.74 Å². The summed E-state index contributed by atoms with van der Waals surface area (Å²) in [6.07, 6.45) is 0.522. The van der Waals surface area contributed by atoms with Crippen LogP contribution in [0.2, 0.25) is 0 Å². The van der Waals surface area contributed by atoms with Gasteiger partial charge in [0.05, 0.1) is 31.6 Å². The van der Waals surface area contributed by atoms with Gasteiger partial charge in [-0.3, -0.25) is 19.1 Å². The quantitative estimate of drug-likeness (QED) is 0.247. The third-order valence-electron chi connectivity index (χ3n) is 8.19. The van der Waals surface area contributed by atoms with Crippen molar-refractivity contribution in [1.29, 1.82) is 0 Å². The van der Waals surface area contributed by atoms with Crippen LogP contribution in [0.15, 0.2) is 24.5 Å². The fourth-order valence-electron chi connectivity index (χ4n) is 5.87. The van der Waals surface area contributed by atoms with Gasteiger partial charge in [-0.15, -0.1) is 0 Å². The molecule has 43 heavy (non-hydrogen) atoms. The van der Waals surface area contributed by atoms with E-state index < -0.39 is 66.4 Å². The van der Waals surface area contributed by atoms with Gasteiger partial charge < -0.3 is 20.5 Å². The molecule has 1 saturated carbocycles. The molecule has 3 aromatic heterocycles. The van der Waals surface area contributed by atoms with Crippen molar-refractivity contribution in [2.24, 2.45) is 11.3 Å². The van der Waals surface area contributed by atoms with Crippen molar-refractivity contribution in [3.05, 3.63) is 41.6 Å². The van der Waals surface area contributed by atoms with Crippen LogP contribution in [0.3, 0.4) is 0 Å². The number of hydrogen-bond acceptors (Lipinski definition) is 7. The van der Waals surface area contributed by atoms with Crippen molar-refractivity contribution in [2.45, 2.75) is 69.9 Å². The molecule has 1 aliphatic heterocycles. The van der Waals surface area contributed by atoms with Gasteiger partial charge in [-0.05, 0) is 31.7 Å². The van der Waals surface area contributed by atoms with E-state index in [-0.39, 0.29) is 48.5 Å². The molecule has 5 rings (SSSR count). The first kappa shape index (κ1) is 30.2. The van der Waals surface area contributed by atoms with E-state index in [0.717, 1.165) is 0 Å². The van der Waals surface area contributed by atoms with Crippen molar-refractivity contribution in [1.82, 2.24) is 35.0 Å². The molecule has 3 N–H and O–H groups in total. The predicted molar refractivity (Wildman–Crippen MR) is 141 cm³/mol. The zero-order chi connectivity index (χ0) is 31.2. The highest BCUT2D eigenvalue weighted by Crippen LogP contribution is 2.42. The maximum absolute atomic E-state index is 14.3. The Morgan fingerprint density at radius 2 is 1.95 bits per heavy atom. The molecule has 12 nitrogen and oxygen atoms in total. The number of piperidine rings is 1. The predicted octanol–water partition coefficient (Wildman–Crippen LogP) is 3.02. The summed E-state index contributed by atoms with van der Waals surface area (Å²) in [5, 5.41) is 23.3. The molecule has 2 amide bonds. The smallest absolute Gasteiger partial charge is 0.319 e. The molecule has 1 unspecified atom stereocenters. The van der Waals surface area contributed by atoms with Crippen LogP contribution < -0.4 is 15.4 Å². The van der Waals surface area contributed by atoms with E-state index >= 15 is 0 Å². The Labute approximate surface area is 242 Å². The van der Waals surface area contributed by atoms with E-state index in [2.05, 4.69) is 20.5 Å². The number of nitrogens with one attached hydrogen (secondary N) is 2. The van der Waals surface area contributed by atoms with E-state index in [1.54, 1.807) is 0 Å². The average Bonchev–Trinajstić information content (AvgIpc) is 3.60. The Morgan fingerprint density at radius 1 is 1.23 bits per heavy atom. The molecule has 16 heteroatoms. The molecule has 232 valence electrons. The molecule has 2 atom stereocenters. The van der Waals surface area contributed by atoms with E-state index in [9.17, 15) is 37.1 Å². The number of imidazole rings is 1. The molecule has 2 aliphatic rings. The lowest BCUT2D eigenvalue weighted by Gasteiger charge is -2.36. The molecule has 0 aromatic carbocycles. The fraction of sp³-hybridized carbons (Fsp3) is 0.556. The van der Waals surface area contributed by atoms with Crippen LogP contribution in [0.5, 0.6) is 5.75 Å². The Balaban J connectivity index is 1.52. The largest absolute Gasteiger partial charge is 0.495 e. The number of aryl methyl sites for hydroxylation is 1. The number of aliphatic carboxylic acids is 1. The molecule has 3 aromatic rings. The zero-order valence-electron chi connectivity index (χ0n) is 23.4. The maximum atomic E-state index is 14.3. The minimum Gasteiger partial charge on any atom is -0.495 e. The van der Waals surface area contributed by atoms with Crippen LogP contribution in [0, 0.1) is 11.3 Å². The normalized spacial score (nSPS) is 22.6. The third kappa shape index (κ3) is 5.86. The number of carbonyl (C=O) groups excluding carboxylic acids is 2. The Bertz CT molecular complexity index is 1550. The summed E-state index contributed by atoms with van der Waals surface area (Å²) < 4.78 is 64.8. The summed E-state index contributed by atoms with van der Waals surface area (Å²) in [5.74, 6) is -9.92. The number of carboxylic acid groups (broad SMARTS) is 1. The molecule has 4 heterocycles. The van der Waals surface area contributed by atoms with E-state index in [0.29, 0.717) is 12.2 Å². The van der Waals surface area contributed by atoms with Crippen LogP contribution in [-0.2, 0) is 22.6 Å². The molecular weight excluding hydrogens is 578 g/mol. The van der Waals surface area contributed by atoms with Gasteiger partial charge in [0, 0.05) is 44.5 Å². The second-order valence-corrected chi connectivity index (χ2v) is 11.1. The number of halogens is 4. The Kier molecular flexibility index (Phi) is 7.81. The number of aromatic nitrogens is 5. The minimum atomic E-state index is -3.46. The van der Waals surface area contributed by atoms with Crippen LogP contribution in [0.25, 0.3) is 5.65 Å². The molecule has 0 bridgehead atoms. The van der Waals surface area contributed by atoms with Crippen LogP contribution in [0.1, 0.15) is 66.9 Å². The van der Waals surface area contributed by atoms with Gasteiger partial charge in [-0.25, -0.2) is 27.1 Å². The molecule has 2 fully saturated rings. The second kappa shape index (κ2) is 11.1. The SMILES string of the molecule is CCn1nccc1C(=O)N[C@H](c1cn2nc(CC3(C(=O)O)CC(F)(F)CNC3=O)c(OC)cc2n1)C1CCC(F)(F)CC1. The topological polar surface area (TPSA) is 153 Å². The highest BCUT2D eigenvalue weighted by molar-refractivity contribution is 6.03. The number of rotatable bonds is 9. The van der Waals surface area contributed by atoms with Gasteiger partial charge in [0.25, 0.3) is 11.8 Å². The number of fused-ring (bicyclic) bond motifs is 1. The van der Waals surface area contributed by atoms with Crippen LogP contribution >= 0.6 is 0 Å². The first-order valence-electron chi connectivity index (χ1n) is 13.8. The molecular formula is C27H31F4N7O5. The summed E-state index contributed by atoms with van der Waals surface area (Å²) in [6, 6.07) is 2.14.